The number of aliphatic carboxylic acids is 1. The lowest BCUT2D eigenvalue weighted by atomic mass is 9.84. The quantitative estimate of drug-likeness (QED) is 0.877. The van der Waals surface area contributed by atoms with Crippen molar-refractivity contribution in [3.8, 4) is 0 Å². The van der Waals surface area contributed by atoms with Gasteiger partial charge in [0, 0.05) is 13.1 Å². The first-order valence-corrected chi connectivity index (χ1v) is 6.57. The molecule has 1 N–H and O–H groups in total. The Balaban J connectivity index is 1.99. The third kappa shape index (κ3) is 2.13. The average Bonchev–Trinajstić information content (AvgIpc) is 2.88. The van der Waals surface area contributed by atoms with E-state index in [0.717, 1.165) is 25.9 Å². The summed E-state index contributed by atoms with van der Waals surface area (Å²) in [5, 5.41) is 13.5. The van der Waals surface area contributed by atoms with Crippen LogP contribution in [0.3, 0.4) is 0 Å². The number of rotatable bonds is 4. The van der Waals surface area contributed by atoms with E-state index in [2.05, 4.69) is 21.7 Å². The molecule has 1 fully saturated rings. The van der Waals surface area contributed by atoms with Gasteiger partial charge in [0.25, 0.3) is 0 Å². The molecule has 1 aromatic heterocycles. The van der Waals surface area contributed by atoms with Gasteiger partial charge in [0.2, 0.25) is 0 Å². The Bertz CT molecular complexity index is 363. The molecule has 1 aliphatic rings. The smallest absolute Gasteiger partial charge is 0.310 e. The second-order valence-electron chi connectivity index (χ2n) is 4.53. The fraction of sp³-hybridized carbons (Fsp3) is 0.583. The number of carbonyl (C=O) groups is 1. The Morgan fingerprint density at radius 1 is 1.69 bits per heavy atom. The molecule has 0 aliphatic carbocycles. The van der Waals surface area contributed by atoms with Crippen LogP contribution in [0.1, 0.15) is 25.3 Å². The summed E-state index contributed by atoms with van der Waals surface area (Å²) in [7, 11) is 0. The molecule has 16 heavy (non-hydrogen) atoms. The highest BCUT2D eigenvalue weighted by atomic mass is 32.1. The van der Waals surface area contributed by atoms with Crippen molar-refractivity contribution in [1.82, 2.24) is 4.90 Å². The van der Waals surface area contributed by atoms with Crippen molar-refractivity contribution in [3.05, 3.63) is 22.4 Å². The molecule has 1 atom stereocenters. The van der Waals surface area contributed by atoms with Crippen LogP contribution < -0.4 is 0 Å². The van der Waals surface area contributed by atoms with Crippen molar-refractivity contribution >= 4 is 17.3 Å². The molecule has 0 saturated carbocycles. The van der Waals surface area contributed by atoms with E-state index in [1.54, 1.807) is 11.3 Å². The first-order chi connectivity index (χ1) is 7.66. The van der Waals surface area contributed by atoms with Crippen molar-refractivity contribution in [2.24, 2.45) is 5.41 Å². The molecule has 88 valence electrons. The monoisotopic (exact) mass is 239 g/mol. The summed E-state index contributed by atoms with van der Waals surface area (Å²) >= 11 is 1.69. The van der Waals surface area contributed by atoms with E-state index in [1.807, 2.05) is 6.92 Å². The van der Waals surface area contributed by atoms with E-state index in [-0.39, 0.29) is 0 Å². The fourth-order valence-corrected chi connectivity index (χ4v) is 3.01. The number of hydrogen-bond acceptors (Lipinski definition) is 3. The van der Waals surface area contributed by atoms with Crippen molar-refractivity contribution in [1.29, 1.82) is 0 Å². The maximum Gasteiger partial charge on any atom is 0.310 e. The topological polar surface area (TPSA) is 40.5 Å². The lowest BCUT2D eigenvalue weighted by Crippen LogP contribution is -2.33. The Morgan fingerprint density at radius 2 is 2.50 bits per heavy atom. The molecule has 4 heteroatoms. The lowest BCUT2D eigenvalue weighted by molar-refractivity contribution is -0.148. The Labute approximate surface area is 99.7 Å². The SMILES string of the molecule is CCC1(C(=O)O)CCN(Cc2ccsc2)C1. The van der Waals surface area contributed by atoms with E-state index >= 15 is 0 Å². The van der Waals surface area contributed by atoms with Gasteiger partial charge in [-0.15, -0.1) is 0 Å². The minimum absolute atomic E-state index is 0.504. The van der Waals surface area contributed by atoms with Crippen LogP contribution in [-0.2, 0) is 11.3 Å². The molecule has 0 aromatic carbocycles. The standard InChI is InChI=1S/C12H17NO2S/c1-2-12(11(14)15)4-5-13(9-12)7-10-3-6-16-8-10/h3,6,8H,2,4-5,7,9H2,1H3,(H,14,15). The molecular weight excluding hydrogens is 222 g/mol. The van der Waals surface area contributed by atoms with Gasteiger partial charge in [-0.05, 0) is 41.8 Å². The summed E-state index contributed by atoms with van der Waals surface area (Å²) in [6, 6.07) is 2.11. The molecule has 2 heterocycles. The van der Waals surface area contributed by atoms with Crippen LogP contribution in [0.5, 0.6) is 0 Å². The normalized spacial score (nSPS) is 26.1. The zero-order valence-electron chi connectivity index (χ0n) is 9.48. The summed E-state index contributed by atoms with van der Waals surface area (Å²) in [4.78, 5) is 13.5. The largest absolute Gasteiger partial charge is 0.481 e. The van der Waals surface area contributed by atoms with Crippen LogP contribution in [-0.4, -0.2) is 29.1 Å². The van der Waals surface area contributed by atoms with Gasteiger partial charge in [0.15, 0.2) is 0 Å². The number of carboxylic acid groups (broad SMARTS) is 1. The number of thiophene rings is 1. The second kappa shape index (κ2) is 4.55. The molecule has 1 aliphatic heterocycles. The molecule has 1 saturated heterocycles. The molecule has 0 bridgehead atoms. The summed E-state index contributed by atoms with van der Waals surface area (Å²) in [6.07, 6.45) is 1.51. The summed E-state index contributed by atoms with van der Waals surface area (Å²) in [6.45, 7) is 4.45. The molecule has 2 rings (SSSR count). The summed E-state index contributed by atoms with van der Waals surface area (Å²) in [5.74, 6) is -0.636. The van der Waals surface area contributed by atoms with Crippen LogP contribution in [0.4, 0.5) is 0 Å². The summed E-state index contributed by atoms with van der Waals surface area (Å²) in [5.41, 5.74) is 0.790. The zero-order chi connectivity index (χ0) is 11.6. The minimum atomic E-state index is -0.636. The van der Waals surface area contributed by atoms with E-state index in [4.69, 9.17) is 0 Å². The molecule has 0 radical (unpaired) electrons. The summed E-state index contributed by atoms with van der Waals surface area (Å²) < 4.78 is 0. The molecular formula is C12H17NO2S. The first kappa shape index (κ1) is 11.6. The Kier molecular flexibility index (Phi) is 3.30. The van der Waals surface area contributed by atoms with Gasteiger partial charge in [0.05, 0.1) is 5.41 Å². The van der Waals surface area contributed by atoms with Gasteiger partial charge in [-0.25, -0.2) is 0 Å². The molecule has 0 amide bonds. The number of nitrogens with zero attached hydrogens (tertiary/aromatic N) is 1. The predicted molar refractivity (Wildman–Crippen MR) is 64.6 cm³/mol. The Morgan fingerprint density at radius 3 is 3.00 bits per heavy atom. The Hall–Kier alpha value is -0.870. The van der Waals surface area contributed by atoms with Crippen LogP contribution >= 0.6 is 11.3 Å². The fourth-order valence-electron chi connectivity index (χ4n) is 2.35. The number of hydrogen-bond donors (Lipinski definition) is 1. The van der Waals surface area contributed by atoms with Crippen molar-refractivity contribution in [2.45, 2.75) is 26.3 Å². The van der Waals surface area contributed by atoms with Crippen LogP contribution in [0.25, 0.3) is 0 Å². The second-order valence-corrected chi connectivity index (χ2v) is 5.31. The van der Waals surface area contributed by atoms with Gasteiger partial charge in [0.1, 0.15) is 0 Å². The van der Waals surface area contributed by atoms with Crippen molar-refractivity contribution in [2.75, 3.05) is 13.1 Å². The maximum atomic E-state index is 11.3. The van der Waals surface area contributed by atoms with Crippen LogP contribution in [0.2, 0.25) is 0 Å². The highest BCUT2D eigenvalue weighted by molar-refractivity contribution is 7.07. The van der Waals surface area contributed by atoms with Crippen molar-refractivity contribution < 1.29 is 9.90 Å². The molecule has 1 unspecified atom stereocenters. The lowest BCUT2D eigenvalue weighted by Gasteiger charge is -2.22. The van der Waals surface area contributed by atoms with Gasteiger partial charge in [-0.2, -0.15) is 11.3 Å². The van der Waals surface area contributed by atoms with Gasteiger partial charge >= 0.3 is 5.97 Å². The van der Waals surface area contributed by atoms with E-state index < -0.39 is 11.4 Å². The van der Waals surface area contributed by atoms with Gasteiger partial charge < -0.3 is 5.11 Å². The number of likely N-dealkylation sites (tertiary alicyclic amines) is 1. The first-order valence-electron chi connectivity index (χ1n) is 5.63. The maximum absolute atomic E-state index is 11.3. The molecule has 1 aromatic rings. The van der Waals surface area contributed by atoms with Crippen LogP contribution in [0, 0.1) is 5.41 Å². The van der Waals surface area contributed by atoms with Gasteiger partial charge in [-0.3, -0.25) is 9.69 Å². The van der Waals surface area contributed by atoms with E-state index in [0.29, 0.717) is 6.54 Å². The minimum Gasteiger partial charge on any atom is -0.481 e. The van der Waals surface area contributed by atoms with Crippen molar-refractivity contribution in [3.63, 3.8) is 0 Å². The highest BCUT2D eigenvalue weighted by Crippen LogP contribution is 2.34. The van der Waals surface area contributed by atoms with Crippen LogP contribution in [0.15, 0.2) is 16.8 Å². The number of carboxylic acids is 1. The van der Waals surface area contributed by atoms with Gasteiger partial charge in [-0.1, -0.05) is 6.92 Å². The molecule has 3 nitrogen and oxygen atoms in total. The highest BCUT2D eigenvalue weighted by Gasteiger charge is 2.42. The molecule has 0 spiro atoms. The van der Waals surface area contributed by atoms with E-state index in [1.165, 1.54) is 5.56 Å². The zero-order valence-corrected chi connectivity index (χ0v) is 10.3. The van der Waals surface area contributed by atoms with E-state index in [9.17, 15) is 9.90 Å². The third-order valence-electron chi connectivity index (χ3n) is 3.55. The predicted octanol–water partition coefficient (Wildman–Crippen LogP) is 2.43. The average molecular weight is 239 g/mol. The third-order valence-corrected chi connectivity index (χ3v) is 4.28.